The molecule has 0 radical (unpaired) electrons. The normalized spacial score (nSPS) is 24.9. The van der Waals surface area contributed by atoms with E-state index in [0.29, 0.717) is 5.92 Å². The number of nitrogens with one attached hydrogen (secondary N) is 1. The second-order valence-corrected chi connectivity index (χ2v) is 6.98. The van der Waals surface area contributed by atoms with Gasteiger partial charge in [-0.05, 0) is 62.3 Å². The number of anilines is 1. The van der Waals surface area contributed by atoms with Crippen LogP contribution in [0.4, 0.5) is 5.82 Å². The van der Waals surface area contributed by atoms with Crippen molar-refractivity contribution in [1.82, 2.24) is 10.3 Å². The van der Waals surface area contributed by atoms with Gasteiger partial charge in [0.05, 0.1) is 0 Å². The molecule has 2 fully saturated rings. The number of rotatable bonds is 5. The summed E-state index contributed by atoms with van der Waals surface area (Å²) in [4.78, 5) is 7.32. The van der Waals surface area contributed by atoms with Crippen molar-refractivity contribution < 1.29 is 0 Å². The Labute approximate surface area is 122 Å². The number of nitrogens with zero attached hydrogens (tertiary/aromatic N) is 2. The predicted molar refractivity (Wildman–Crippen MR) is 84.0 cm³/mol. The Bertz CT molecular complexity index is 469. The van der Waals surface area contributed by atoms with Gasteiger partial charge in [-0.25, -0.2) is 4.98 Å². The van der Waals surface area contributed by atoms with Crippen LogP contribution in [0.25, 0.3) is 0 Å². The highest BCUT2D eigenvalue weighted by Gasteiger charge is 2.38. The SMILES string of the molecule is Cc1cc(CNCC(C)C)cc(N2CC3CCC2C3)n1. The first kappa shape index (κ1) is 13.9. The highest BCUT2D eigenvalue weighted by atomic mass is 15.2. The second kappa shape index (κ2) is 5.72. The van der Waals surface area contributed by atoms with Gasteiger partial charge in [0, 0.05) is 24.8 Å². The van der Waals surface area contributed by atoms with Gasteiger partial charge >= 0.3 is 0 Å². The van der Waals surface area contributed by atoms with Crippen molar-refractivity contribution in [3.8, 4) is 0 Å². The first-order valence-corrected chi connectivity index (χ1v) is 8.06. The molecule has 2 aliphatic rings. The summed E-state index contributed by atoms with van der Waals surface area (Å²) in [7, 11) is 0. The lowest BCUT2D eigenvalue weighted by atomic mass is 10.1. The molecule has 1 N–H and O–H groups in total. The summed E-state index contributed by atoms with van der Waals surface area (Å²) in [5.74, 6) is 2.83. The fraction of sp³-hybridized carbons (Fsp3) is 0.706. The van der Waals surface area contributed by atoms with Crippen LogP contribution in [0.1, 0.15) is 44.4 Å². The summed E-state index contributed by atoms with van der Waals surface area (Å²) in [6, 6.07) is 5.26. The lowest BCUT2D eigenvalue weighted by Gasteiger charge is -2.28. The molecule has 1 aliphatic heterocycles. The van der Waals surface area contributed by atoms with Crippen molar-refractivity contribution in [2.45, 2.75) is 52.6 Å². The van der Waals surface area contributed by atoms with E-state index >= 15 is 0 Å². The molecule has 2 bridgehead atoms. The fourth-order valence-corrected chi connectivity index (χ4v) is 3.68. The molecule has 3 heteroatoms. The average Bonchev–Trinajstić information content (AvgIpc) is 2.99. The van der Waals surface area contributed by atoms with Crippen molar-refractivity contribution in [1.29, 1.82) is 0 Å². The Hall–Kier alpha value is -1.09. The van der Waals surface area contributed by atoms with E-state index in [0.717, 1.165) is 30.7 Å². The van der Waals surface area contributed by atoms with Crippen LogP contribution < -0.4 is 10.2 Å². The number of pyridine rings is 1. The minimum Gasteiger partial charge on any atom is -0.353 e. The van der Waals surface area contributed by atoms with E-state index in [1.807, 2.05) is 0 Å². The molecule has 2 heterocycles. The summed E-state index contributed by atoms with van der Waals surface area (Å²) >= 11 is 0. The number of piperidine rings is 1. The third kappa shape index (κ3) is 2.98. The summed E-state index contributed by atoms with van der Waals surface area (Å²) in [5.41, 5.74) is 2.52. The third-order valence-corrected chi connectivity index (χ3v) is 4.58. The van der Waals surface area contributed by atoms with Crippen LogP contribution in [0, 0.1) is 18.8 Å². The van der Waals surface area contributed by atoms with Crippen LogP contribution in [0.3, 0.4) is 0 Å². The first-order chi connectivity index (χ1) is 9.61. The maximum atomic E-state index is 4.78. The maximum absolute atomic E-state index is 4.78. The van der Waals surface area contributed by atoms with Crippen LogP contribution in [0.5, 0.6) is 0 Å². The van der Waals surface area contributed by atoms with E-state index in [1.165, 1.54) is 37.2 Å². The Balaban J connectivity index is 1.70. The fourth-order valence-electron chi connectivity index (χ4n) is 3.68. The number of fused-ring (bicyclic) bond motifs is 2. The zero-order valence-corrected chi connectivity index (χ0v) is 13.0. The second-order valence-electron chi connectivity index (χ2n) is 6.98. The molecule has 2 atom stereocenters. The minimum atomic E-state index is 0.701. The zero-order valence-electron chi connectivity index (χ0n) is 13.0. The van der Waals surface area contributed by atoms with Crippen molar-refractivity contribution >= 4 is 5.82 Å². The van der Waals surface area contributed by atoms with Crippen LogP contribution in [0.2, 0.25) is 0 Å². The first-order valence-electron chi connectivity index (χ1n) is 8.06. The zero-order chi connectivity index (χ0) is 14.1. The van der Waals surface area contributed by atoms with Gasteiger partial charge in [0.2, 0.25) is 0 Å². The standard InChI is InChI=1S/C17H27N3/c1-12(2)9-18-10-15-6-13(3)19-17(8-15)20-11-14-4-5-16(20)7-14/h6,8,12,14,16,18H,4-5,7,9-11H2,1-3H3. The highest BCUT2D eigenvalue weighted by Crippen LogP contribution is 2.39. The number of hydrogen-bond donors (Lipinski definition) is 1. The minimum absolute atomic E-state index is 0.701. The monoisotopic (exact) mass is 273 g/mol. The molecular weight excluding hydrogens is 246 g/mol. The van der Waals surface area contributed by atoms with Gasteiger partial charge in [-0.3, -0.25) is 0 Å². The molecule has 2 unspecified atom stereocenters. The Morgan fingerprint density at radius 1 is 1.35 bits per heavy atom. The molecule has 0 spiro atoms. The van der Waals surface area contributed by atoms with Gasteiger partial charge in [-0.2, -0.15) is 0 Å². The lowest BCUT2D eigenvalue weighted by molar-refractivity contribution is 0.546. The number of hydrogen-bond acceptors (Lipinski definition) is 3. The number of aromatic nitrogens is 1. The van der Waals surface area contributed by atoms with Crippen LogP contribution in [-0.4, -0.2) is 24.1 Å². The van der Waals surface area contributed by atoms with Crippen molar-refractivity contribution in [2.24, 2.45) is 11.8 Å². The molecule has 1 saturated heterocycles. The molecule has 1 aromatic rings. The topological polar surface area (TPSA) is 28.2 Å². The third-order valence-electron chi connectivity index (χ3n) is 4.58. The van der Waals surface area contributed by atoms with E-state index in [-0.39, 0.29) is 0 Å². The molecule has 0 aromatic carbocycles. The highest BCUT2D eigenvalue weighted by molar-refractivity contribution is 5.46. The lowest BCUT2D eigenvalue weighted by Crippen LogP contribution is -2.32. The summed E-state index contributed by atoms with van der Waals surface area (Å²) in [6.07, 6.45) is 4.17. The Kier molecular flexibility index (Phi) is 3.97. The van der Waals surface area contributed by atoms with Crippen LogP contribution in [0.15, 0.2) is 12.1 Å². The van der Waals surface area contributed by atoms with Crippen molar-refractivity contribution in [3.05, 3.63) is 23.4 Å². The average molecular weight is 273 g/mol. The molecule has 110 valence electrons. The molecule has 20 heavy (non-hydrogen) atoms. The van der Waals surface area contributed by atoms with E-state index in [4.69, 9.17) is 4.98 Å². The van der Waals surface area contributed by atoms with Gasteiger partial charge in [0.25, 0.3) is 0 Å². The smallest absolute Gasteiger partial charge is 0.129 e. The maximum Gasteiger partial charge on any atom is 0.129 e. The van der Waals surface area contributed by atoms with E-state index in [2.05, 4.69) is 43.1 Å². The van der Waals surface area contributed by atoms with E-state index < -0.39 is 0 Å². The van der Waals surface area contributed by atoms with E-state index in [9.17, 15) is 0 Å². The number of aryl methyl sites for hydroxylation is 1. The van der Waals surface area contributed by atoms with Crippen LogP contribution in [-0.2, 0) is 6.54 Å². The van der Waals surface area contributed by atoms with Gasteiger partial charge in [0.15, 0.2) is 0 Å². The largest absolute Gasteiger partial charge is 0.353 e. The molecule has 3 rings (SSSR count). The molecule has 1 saturated carbocycles. The Morgan fingerprint density at radius 3 is 2.85 bits per heavy atom. The predicted octanol–water partition coefficient (Wildman–Crippen LogP) is 3.12. The van der Waals surface area contributed by atoms with Gasteiger partial charge < -0.3 is 10.2 Å². The molecule has 3 nitrogen and oxygen atoms in total. The molecule has 0 amide bonds. The molecule has 1 aliphatic carbocycles. The molecular formula is C17H27N3. The quantitative estimate of drug-likeness (QED) is 0.893. The van der Waals surface area contributed by atoms with Crippen molar-refractivity contribution in [2.75, 3.05) is 18.0 Å². The van der Waals surface area contributed by atoms with Crippen molar-refractivity contribution in [3.63, 3.8) is 0 Å². The van der Waals surface area contributed by atoms with E-state index in [1.54, 1.807) is 0 Å². The van der Waals surface area contributed by atoms with Crippen LogP contribution >= 0.6 is 0 Å². The van der Waals surface area contributed by atoms with Gasteiger partial charge in [0.1, 0.15) is 5.82 Å². The molecule has 1 aromatic heterocycles. The summed E-state index contributed by atoms with van der Waals surface area (Å²) in [5, 5.41) is 3.53. The summed E-state index contributed by atoms with van der Waals surface area (Å²) in [6.45, 7) is 9.86. The van der Waals surface area contributed by atoms with Gasteiger partial charge in [-0.15, -0.1) is 0 Å². The van der Waals surface area contributed by atoms with Gasteiger partial charge in [-0.1, -0.05) is 13.8 Å². The Morgan fingerprint density at radius 2 is 2.20 bits per heavy atom. The summed E-state index contributed by atoms with van der Waals surface area (Å²) < 4.78 is 0.